The number of halogens is 2. The minimum atomic E-state index is 0. The van der Waals surface area contributed by atoms with Crippen LogP contribution in [-0.2, 0) is 13.0 Å². The molecule has 35 heavy (non-hydrogen) atoms. The molecule has 4 heterocycles. The fraction of sp³-hybridized carbons (Fsp3) is 0.370. The number of hydrogen-bond donors (Lipinski definition) is 0. The van der Waals surface area contributed by atoms with Crippen LogP contribution >= 0.6 is 24.8 Å². The van der Waals surface area contributed by atoms with Crippen molar-refractivity contribution in [2.24, 2.45) is 0 Å². The summed E-state index contributed by atoms with van der Waals surface area (Å²) in [6, 6.07) is 17.3. The second-order valence-electron chi connectivity index (χ2n) is 9.32. The molecule has 8 heteroatoms. The maximum Gasteiger partial charge on any atom is 0.148 e. The second-order valence-corrected chi connectivity index (χ2v) is 9.32. The molecule has 1 saturated heterocycles. The van der Waals surface area contributed by atoms with E-state index in [1.54, 1.807) is 0 Å². The molecular formula is C27H31Cl2N5O. The fourth-order valence-electron chi connectivity index (χ4n) is 5.36. The Morgan fingerprint density at radius 2 is 1.77 bits per heavy atom. The molecule has 0 bridgehead atoms. The van der Waals surface area contributed by atoms with E-state index in [-0.39, 0.29) is 24.8 Å². The fourth-order valence-corrected chi connectivity index (χ4v) is 5.36. The highest BCUT2D eigenvalue weighted by molar-refractivity contribution is 5.85. The zero-order valence-electron chi connectivity index (χ0n) is 20.1. The van der Waals surface area contributed by atoms with Crippen LogP contribution in [0.4, 0.5) is 0 Å². The summed E-state index contributed by atoms with van der Waals surface area (Å²) in [6.45, 7) is 7.88. The molecular weight excluding hydrogens is 481 g/mol. The number of benzene rings is 2. The molecule has 0 aliphatic carbocycles. The zero-order chi connectivity index (χ0) is 22.4. The number of pyridine rings is 1. The Hall–Kier alpha value is -2.67. The van der Waals surface area contributed by atoms with E-state index in [9.17, 15) is 0 Å². The third-order valence-corrected chi connectivity index (χ3v) is 7.24. The van der Waals surface area contributed by atoms with E-state index in [4.69, 9.17) is 9.72 Å². The van der Waals surface area contributed by atoms with Crippen LogP contribution in [0.1, 0.15) is 47.0 Å². The van der Waals surface area contributed by atoms with Crippen LogP contribution in [0.5, 0.6) is 5.75 Å². The Morgan fingerprint density at radius 3 is 2.60 bits per heavy atom. The molecule has 0 radical (unpaired) electrons. The maximum atomic E-state index is 6.16. The third-order valence-electron chi connectivity index (χ3n) is 7.24. The minimum absolute atomic E-state index is 0. The minimum Gasteiger partial charge on any atom is -0.485 e. The third kappa shape index (κ3) is 4.75. The van der Waals surface area contributed by atoms with Gasteiger partial charge in [0.05, 0.1) is 11.2 Å². The number of aryl methyl sites for hydroxylation is 2. The number of para-hydroxylation sites is 1. The molecule has 6 nitrogen and oxygen atoms in total. The van der Waals surface area contributed by atoms with Crippen LogP contribution in [0, 0.1) is 13.8 Å². The van der Waals surface area contributed by atoms with E-state index in [0.29, 0.717) is 12.5 Å². The molecule has 0 unspecified atom stereocenters. The number of likely N-dealkylation sites (tertiary alicyclic amines) is 1. The lowest BCUT2D eigenvalue weighted by Crippen LogP contribution is -2.34. The molecule has 0 N–H and O–H groups in total. The van der Waals surface area contributed by atoms with Gasteiger partial charge in [0.1, 0.15) is 23.7 Å². The number of aromatic nitrogens is 4. The van der Waals surface area contributed by atoms with Gasteiger partial charge in [0.2, 0.25) is 0 Å². The summed E-state index contributed by atoms with van der Waals surface area (Å²) in [5.41, 5.74) is 7.90. The zero-order valence-corrected chi connectivity index (χ0v) is 21.7. The van der Waals surface area contributed by atoms with Crippen molar-refractivity contribution in [3.8, 4) is 11.4 Å². The summed E-state index contributed by atoms with van der Waals surface area (Å²) in [7, 11) is 0. The van der Waals surface area contributed by atoms with Crippen molar-refractivity contribution in [3.05, 3.63) is 76.7 Å². The number of ether oxygens (including phenoxy) is 1. The first-order valence-corrected chi connectivity index (χ1v) is 11.9. The Labute approximate surface area is 218 Å². The lowest BCUT2D eigenvalue weighted by molar-refractivity contribution is 0.213. The van der Waals surface area contributed by atoms with E-state index < -0.39 is 0 Å². The van der Waals surface area contributed by atoms with Crippen molar-refractivity contribution in [1.82, 2.24) is 24.9 Å². The van der Waals surface area contributed by atoms with Crippen LogP contribution in [0.2, 0.25) is 0 Å². The number of rotatable bonds is 4. The lowest BCUT2D eigenvalue weighted by atomic mass is 9.87. The van der Waals surface area contributed by atoms with Crippen LogP contribution in [0.25, 0.3) is 16.6 Å². The summed E-state index contributed by atoms with van der Waals surface area (Å²) in [4.78, 5) is 7.32. The molecule has 1 fully saturated rings. The first-order valence-electron chi connectivity index (χ1n) is 11.9. The van der Waals surface area contributed by atoms with Crippen molar-refractivity contribution < 1.29 is 4.74 Å². The molecule has 184 valence electrons. The summed E-state index contributed by atoms with van der Waals surface area (Å²) in [6.07, 6.45) is 3.37. The Balaban J connectivity index is 0.00000144. The Kier molecular flexibility index (Phi) is 7.64. The van der Waals surface area contributed by atoms with Crippen LogP contribution in [0.15, 0.2) is 48.5 Å². The first-order chi connectivity index (χ1) is 16.2. The molecule has 0 amide bonds. The average Bonchev–Trinajstić information content (AvgIpc) is 3.23. The molecule has 0 saturated carbocycles. The van der Waals surface area contributed by atoms with Crippen molar-refractivity contribution >= 4 is 35.7 Å². The SMILES string of the molecule is Cc1ccc2c(C3CCN(CCc4cccc5c4OCc4c(C)nnn4-5)CC3)cccc2n1.Cl.Cl. The maximum absolute atomic E-state index is 6.16. The normalized spacial score (nSPS) is 15.5. The Bertz CT molecular complexity index is 1330. The number of hydrogen-bond acceptors (Lipinski definition) is 5. The molecule has 6 rings (SSSR count). The van der Waals surface area contributed by atoms with Gasteiger partial charge in [-0.15, -0.1) is 29.9 Å². The number of fused-ring (bicyclic) bond motifs is 4. The summed E-state index contributed by atoms with van der Waals surface area (Å²) < 4.78 is 8.09. The highest BCUT2D eigenvalue weighted by Crippen LogP contribution is 2.35. The lowest BCUT2D eigenvalue weighted by Gasteiger charge is -2.33. The average molecular weight is 512 g/mol. The molecule has 0 atom stereocenters. The number of nitrogens with zero attached hydrogens (tertiary/aromatic N) is 5. The first kappa shape index (κ1) is 25.4. The van der Waals surface area contributed by atoms with Gasteiger partial charge in [-0.2, -0.15) is 0 Å². The van der Waals surface area contributed by atoms with E-state index >= 15 is 0 Å². The van der Waals surface area contributed by atoms with Gasteiger partial charge in [-0.3, -0.25) is 4.98 Å². The van der Waals surface area contributed by atoms with E-state index in [1.165, 1.54) is 29.4 Å². The van der Waals surface area contributed by atoms with E-state index in [2.05, 4.69) is 70.7 Å². The van der Waals surface area contributed by atoms with Gasteiger partial charge >= 0.3 is 0 Å². The van der Waals surface area contributed by atoms with Crippen molar-refractivity contribution in [2.75, 3.05) is 19.6 Å². The summed E-state index contributed by atoms with van der Waals surface area (Å²) in [5.74, 6) is 1.57. The predicted molar refractivity (Wildman–Crippen MR) is 144 cm³/mol. The van der Waals surface area contributed by atoms with E-state index in [1.807, 2.05) is 11.6 Å². The van der Waals surface area contributed by atoms with E-state index in [0.717, 1.165) is 60.1 Å². The topological polar surface area (TPSA) is 56.1 Å². The quantitative estimate of drug-likeness (QED) is 0.357. The smallest absolute Gasteiger partial charge is 0.148 e. The van der Waals surface area contributed by atoms with Crippen molar-refractivity contribution in [3.63, 3.8) is 0 Å². The van der Waals surface area contributed by atoms with Crippen LogP contribution in [-0.4, -0.2) is 44.5 Å². The standard InChI is InChI=1S/C27H29N5O.2ClH/c1-18-9-10-23-22(6-4-7-24(23)28-18)20-11-14-31(15-12-20)16-13-21-5-3-8-25-27(21)33-17-26-19(2)29-30-32(25)26;;/h3-10,20H,11-17H2,1-2H3;2*1H. The van der Waals surface area contributed by atoms with Gasteiger partial charge in [0, 0.05) is 17.6 Å². The highest BCUT2D eigenvalue weighted by Gasteiger charge is 2.25. The van der Waals surface area contributed by atoms with Gasteiger partial charge in [-0.1, -0.05) is 35.5 Å². The molecule has 2 aromatic heterocycles. The molecule has 2 aliphatic heterocycles. The van der Waals surface area contributed by atoms with Crippen molar-refractivity contribution in [2.45, 2.75) is 45.6 Å². The Morgan fingerprint density at radius 1 is 0.971 bits per heavy atom. The number of piperidine rings is 1. The van der Waals surface area contributed by atoms with Gasteiger partial charge in [0.15, 0.2) is 0 Å². The molecule has 0 spiro atoms. The van der Waals surface area contributed by atoms with Gasteiger partial charge in [-0.05, 0) is 81.4 Å². The largest absolute Gasteiger partial charge is 0.485 e. The predicted octanol–water partition coefficient (Wildman–Crippen LogP) is 5.59. The van der Waals surface area contributed by atoms with Crippen LogP contribution < -0.4 is 4.74 Å². The molecule has 2 aliphatic rings. The molecule has 4 aromatic rings. The van der Waals surface area contributed by atoms with Crippen molar-refractivity contribution in [1.29, 1.82) is 0 Å². The summed E-state index contributed by atoms with van der Waals surface area (Å²) >= 11 is 0. The van der Waals surface area contributed by atoms with Crippen LogP contribution in [0.3, 0.4) is 0 Å². The van der Waals surface area contributed by atoms with Gasteiger partial charge in [-0.25, -0.2) is 4.68 Å². The second kappa shape index (κ2) is 10.5. The highest BCUT2D eigenvalue weighted by atomic mass is 35.5. The summed E-state index contributed by atoms with van der Waals surface area (Å²) in [5, 5.41) is 9.86. The monoisotopic (exact) mass is 511 g/mol. The van der Waals surface area contributed by atoms with Gasteiger partial charge in [0.25, 0.3) is 0 Å². The molecule has 2 aromatic carbocycles. The van der Waals surface area contributed by atoms with Gasteiger partial charge < -0.3 is 9.64 Å².